The second-order valence-electron chi connectivity index (χ2n) is 5.37. The molecular formula is C15H23BrN2O. The number of hydrogen-bond acceptors (Lipinski definition) is 2. The molecule has 4 heteroatoms. The molecule has 1 rings (SSSR count). The van der Waals surface area contributed by atoms with Gasteiger partial charge in [-0.2, -0.15) is 0 Å². The Bertz CT molecular complexity index is 418. The van der Waals surface area contributed by atoms with E-state index in [2.05, 4.69) is 38.3 Å². The van der Waals surface area contributed by atoms with E-state index in [0.29, 0.717) is 6.54 Å². The molecule has 0 aromatic heterocycles. The van der Waals surface area contributed by atoms with Crippen LogP contribution in [0.15, 0.2) is 24.3 Å². The molecule has 1 aromatic rings. The van der Waals surface area contributed by atoms with Gasteiger partial charge in [0.05, 0.1) is 4.83 Å². The lowest BCUT2D eigenvalue weighted by Crippen LogP contribution is -2.33. The lowest BCUT2D eigenvalue weighted by molar-refractivity contribution is -0.121. The van der Waals surface area contributed by atoms with E-state index < -0.39 is 0 Å². The fraction of sp³-hybridized carbons (Fsp3) is 0.533. The van der Waals surface area contributed by atoms with Crippen LogP contribution in [0, 0.1) is 5.92 Å². The Morgan fingerprint density at radius 2 is 1.84 bits per heavy atom. The number of halogens is 1. The second kappa shape index (κ2) is 7.65. The topological polar surface area (TPSA) is 32.3 Å². The van der Waals surface area contributed by atoms with Crippen LogP contribution in [-0.2, 0) is 17.9 Å². The quantitative estimate of drug-likeness (QED) is 0.815. The summed E-state index contributed by atoms with van der Waals surface area (Å²) in [5.41, 5.74) is 2.43. The molecule has 0 aliphatic heterocycles. The van der Waals surface area contributed by atoms with E-state index in [4.69, 9.17) is 0 Å². The maximum absolute atomic E-state index is 11.9. The molecule has 0 radical (unpaired) electrons. The van der Waals surface area contributed by atoms with Gasteiger partial charge in [0.2, 0.25) is 5.91 Å². The van der Waals surface area contributed by atoms with Crippen LogP contribution >= 0.6 is 15.9 Å². The summed E-state index contributed by atoms with van der Waals surface area (Å²) in [6, 6.07) is 8.22. The van der Waals surface area contributed by atoms with Gasteiger partial charge in [-0.3, -0.25) is 4.79 Å². The van der Waals surface area contributed by atoms with Crippen molar-refractivity contribution in [2.75, 3.05) is 14.1 Å². The highest BCUT2D eigenvalue weighted by Gasteiger charge is 2.18. The van der Waals surface area contributed by atoms with Gasteiger partial charge in [-0.25, -0.2) is 0 Å². The number of rotatable bonds is 6. The van der Waals surface area contributed by atoms with Crippen molar-refractivity contribution in [2.24, 2.45) is 5.92 Å². The van der Waals surface area contributed by atoms with E-state index in [1.54, 1.807) is 0 Å². The maximum Gasteiger partial charge on any atom is 0.234 e. The van der Waals surface area contributed by atoms with Crippen molar-refractivity contribution in [1.29, 1.82) is 0 Å². The van der Waals surface area contributed by atoms with Crippen LogP contribution in [0.1, 0.15) is 25.0 Å². The fourth-order valence-corrected chi connectivity index (χ4v) is 1.97. The van der Waals surface area contributed by atoms with Crippen molar-refractivity contribution in [2.45, 2.75) is 31.8 Å². The number of benzene rings is 1. The highest BCUT2D eigenvalue weighted by molar-refractivity contribution is 9.10. The Hall–Kier alpha value is -0.870. The molecule has 0 saturated heterocycles. The first-order valence-corrected chi connectivity index (χ1v) is 7.46. The summed E-state index contributed by atoms with van der Waals surface area (Å²) < 4.78 is 0. The molecule has 1 amide bonds. The SMILES string of the molecule is CC(C)C(Br)C(=O)NCc1ccccc1CN(C)C. The standard InChI is InChI=1S/C15H23BrN2O/c1-11(2)14(16)15(19)17-9-12-7-5-6-8-13(12)10-18(3)4/h5-8,11,14H,9-10H2,1-4H3,(H,17,19). The summed E-state index contributed by atoms with van der Waals surface area (Å²) in [4.78, 5) is 13.9. The predicted molar refractivity (Wildman–Crippen MR) is 83.2 cm³/mol. The number of nitrogens with zero attached hydrogens (tertiary/aromatic N) is 1. The molecule has 1 aromatic carbocycles. The highest BCUT2D eigenvalue weighted by Crippen LogP contribution is 2.13. The van der Waals surface area contributed by atoms with Crippen molar-refractivity contribution < 1.29 is 4.79 Å². The van der Waals surface area contributed by atoms with Crippen molar-refractivity contribution >= 4 is 21.8 Å². The van der Waals surface area contributed by atoms with Gasteiger partial charge in [-0.1, -0.05) is 54.0 Å². The number of hydrogen-bond donors (Lipinski definition) is 1. The first-order chi connectivity index (χ1) is 8.91. The fourth-order valence-electron chi connectivity index (χ4n) is 1.81. The number of amides is 1. The summed E-state index contributed by atoms with van der Waals surface area (Å²) in [7, 11) is 4.09. The average Bonchev–Trinajstić information content (AvgIpc) is 2.35. The molecule has 0 saturated carbocycles. The van der Waals surface area contributed by atoms with Crippen LogP contribution in [0.4, 0.5) is 0 Å². The van der Waals surface area contributed by atoms with Gasteiger partial charge in [0.25, 0.3) is 0 Å². The van der Waals surface area contributed by atoms with Crippen LogP contribution in [0.2, 0.25) is 0 Å². The van der Waals surface area contributed by atoms with Gasteiger partial charge in [-0.05, 0) is 31.1 Å². The average molecular weight is 327 g/mol. The van der Waals surface area contributed by atoms with Crippen molar-refractivity contribution in [3.8, 4) is 0 Å². The largest absolute Gasteiger partial charge is 0.351 e. The third-order valence-electron chi connectivity index (χ3n) is 2.89. The Morgan fingerprint density at radius 1 is 1.26 bits per heavy atom. The summed E-state index contributed by atoms with van der Waals surface area (Å²) in [6.07, 6.45) is 0. The zero-order valence-corrected chi connectivity index (χ0v) is 13.7. The van der Waals surface area contributed by atoms with Crippen LogP contribution in [0.5, 0.6) is 0 Å². The Labute approximate surface area is 124 Å². The van der Waals surface area contributed by atoms with Gasteiger partial charge in [0.15, 0.2) is 0 Å². The molecule has 1 atom stereocenters. The third kappa shape index (κ3) is 5.33. The molecule has 1 N–H and O–H groups in total. The molecule has 0 spiro atoms. The summed E-state index contributed by atoms with van der Waals surface area (Å²) in [5, 5.41) is 2.99. The summed E-state index contributed by atoms with van der Waals surface area (Å²) >= 11 is 3.42. The molecular weight excluding hydrogens is 304 g/mol. The van der Waals surface area contributed by atoms with Gasteiger partial charge >= 0.3 is 0 Å². The van der Waals surface area contributed by atoms with Crippen molar-refractivity contribution in [3.63, 3.8) is 0 Å². The van der Waals surface area contributed by atoms with E-state index in [-0.39, 0.29) is 16.7 Å². The molecule has 0 aliphatic rings. The highest BCUT2D eigenvalue weighted by atomic mass is 79.9. The lowest BCUT2D eigenvalue weighted by Gasteiger charge is -2.17. The Balaban J connectivity index is 2.65. The number of nitrogens with one attached hydrogen (secondary N) is 1. The number of carbonyl (C=O) groups is 1. The van der Waals surface area contributed by atoms with Crippen molar-refractivity contribution in [1.82, 2.24) is 10.2 Å². The minimum atomic E-state index is -0.131. The van der Waals surface area contributed by atoms with E-state index >= 15 is 0 Å². The molecule has 106 valence electrons. The molecule has 3 nitrogen and oxygen atoms in total. The minimum Gasteiger partial charge on any atom is -0.351 e. The molecule has 0 bridgehead atoms. The van der Waals surface area contributed by atoms with Gasteiger partial charge in [0, 0.05) is 13.1 Å². The third-order valence-corrected chi connectivity index (χ3v) is 4.37. The second-order valence-corrected chi connectivity index (χ2v) is 6.36. The molecule has 0 aliphatic carbocycles. The van der Waals surface area contributed by atoms with Crippen LogP contribution < -0.4 is 5.32 Å². The predicted octanol–water partition coefficient (Wildman–Crippen LogP) is 2.78. The Morgan fingerprint density at radius 3 is 2.37 bits per heavy atom. The number of carbonyl (C=O) groups excluding carboxylic acids is 1. The zero-order valence-electron chi connectivity index (χ0n) is 12.1. The van der Waals surface area contributed by atoms with Crippen LogP contribution in [0.3, 0.4) is 0 Å². The van der Waals surface area contributed by atoms with E-state index in [0.717, 1.165) is 6.54 Å². The van der Waals surface area contributed by atoms with Gasteiger partial charge in [0.1, 0.15) is 0 Å². The van der Waals surface area contributed by atoms with Crippen molar-refractivity contribution in [3.05, 3.63) is 35.4 Å². The van der Waals surface area contributed by atoms with E-state index in [1.807, 2.05) is 40.1 Å². The molecule has 19 heavy (non-hydrogen) atoms. The van der Waals surface area contributed by atoms with Crippen LogP contribution in [0.25, 0.3) is 0 Å². The first-order valence-electron chi connectivity index (χ1n) is 6.55. The zero-order chi connectivity index (χ0) is 14.4. The Kier molecular flexibility index (Phi) is 6.52. The monoisotopic (exact) mass is 326 g/mol. The first kappa shape index (κ1) is 16.2. The summed E-state index contributed by atoms with van der Waals surface area (Å²) in [6.45, 7) is 5.52. The molecule has 1 unspecified atom stereocenters. The minimum absolute atomic E-state index is 0.0506. The number of alkyl halides is 1. The van der Waals surface area contributed by atoms with Gasteiger partial charge < -0.3 is 10.2 Å². The van der Waals surface area contributed by atoms with Gasteiger partial charge in [-0.15, -0.1) is 0 Å². The maximum atomic E-state index is 11.9. The smallest absolute Gasteiger partial charge is 0.234 e. The molecule has 0 heterocycles. The van der Waals surface area contributed by atoms with E-state index in [9.17, 15) is 4.79 Å². The normalized spacial score (nSPS) is 12.8. The molecule has 0 fully saturated rings. The van der Waals surface area contributed by atoms with Crippen LogP contribution in [-0.4, -0.2) is 29.7 Å². The van der Waals surface area contributed by atoms with E-state index in [1.165, 1.54) is 11.1 Å². The summed E-state index contributed by atoms with van der Waals surface area (Å²) in [5.74, 6) is 0.340. The lowest BCUT2D eigenvalue weighted by atomic mass is 10.1.